The largest absolute Gasteiger partial charge is 0.444 e. The Bertz CT molecular complexity index is 693. The summed E-state index contributed by atoms with van der Waals surface area (Å²) in [7, 11) is 1.75. The lowest BCUT2D eigenvalue weighted by Crippen LogP contribution is -2.51. The van der Waals surface area contributed by atoms with Crippen LogP contribution in [0.15, 0.2) is 4.99 Å². The Morgan fingerprint density at radius 3 is 2.76 bits per heavy atom. The third kappa shape index (κ3) is 7.55. The van der Waals surface area contributed by atoms with E-state index in [1.165, 1.54) is 0 Å². The summed E-state index contributed by atoms with van der Waals surface area (Å²) >= 11 is 0. The number of hydrogen-bond acceptors (Lipinski definition) is 5. The van der Waals surface area contributed by atoms with Gasteiger partial charge in [-0.15, -0.1) is 0 Å². The summed E-state index contributed by atoms with van der Waals surface area (Å²) in [6.07, 6.45) is 4.17. The van der Waals surface area contributed by atoms with Crippen molar-refractivity contribution < 1.29 is 9.53 Å². The lowest BCUT2D eigenvalue weighted by atomic mass is 10.1. The average molecular weight is 408 g/mol. The van der Waals surface area contributed by atoms with Crippen LogP contribution in [0.25, 0.3) is 0 Å². The van der Waals surface area contributed by atoms with E-state index in [1.807, 2.05) is 25.5 Å². The fraction of sp³-hybridized carbons (Fsp3) is 0.800. The van der Waals surface area contributed by atoms with Gasteiger partial charge in [0.05, 0.1) is 6.54 Å². The van der Waals surface area contributed by atoms with E-state index < -0.39 is 11.7 Å². The second kappa shape index (κ2) is 10.5. The highest BCUT2D eigenvalue weighted by Crippen LogP contribution is 2.13. The maximum atomic E-state index is 12.1. The molecule has 1 aromatic rings. The van der Waals surface area contributed by atoms with Crippen molar-refractivity contribution in [3.63, 3.8) is 0 Å². The van der Waals surface area contributed by atoms with Crippen LogP contribution in [0.4, 0.5) is 4.79 Å². The number of aliphatic imine (C=N–C) groups is 1. The third-order valence-electron chi connectivity index (χ3n) is 4.66. The number of hydrogen-bond donors (Lipinski definition) is 3. The van der Waals surface area contributed by atoms with Gasteiger partial charge < -0.3 is 20.7 Å². The van der Waals surface area contributed by atoms with Gasteiger partial charge in [-0.05, 0) is 33.6 Å². The van der Waals surface area contributed by atoms with Gasteiger partial charge in [0.1, 0.15) is 11.4 Å². The van der Waals surface area contributed by atoms with Crippen molar-refractivity contribution in [2.75, 3.05) is 13.6 Å². The number of fused-ring (bicyclic) bond motifs is 1. The number of aromatic nitrogens is 3. The van der Waals surface area contributed by atoms with E-state index in [1.54, 1.807) is 7.05 Å². The highest BCUT2D eigenvalue weighted by atomic mass is 16.6. The average Bonchev–Trinajstić information content (AvgIpc) is 3.06. The van der Waals surface area contributed by atoms with Gasteiger partial charge in [0, 0.05) is 38.5 Å². The molecule has 2 atom stereocenters. The zero-order valence-corrected chi connectivity index (χ0v) is 18.7. The Kier molecular flexibility index (Phi) is 8.28. The minimum Gasteiger partial charge on any atom is -0.444 e. The smallest absolute Gasteiger partial charge is 0.407 e. The van der Waals surface area contributed by atoms with Gasteiger partial charge in [-0.25, -0.2) is 14.5 Å². The van der Waals surface area contributed by atoms with Crippen LogP contribution in [0.5, 0.6) is 0 Å². The van der Waals surface area contributed by atoms with Gasteiger partial charge in [-0.2, -0.15) is 5.10 Å². The fourth-order valence-corrected chi connectivity index (χ4v) is 3.28. The van der Waals surface area contributed by atoms with Crippen LogP contribution in [0.2, 0.25) is 0 Å². The van der Waals surface area contributed by atoms with Gasteiger partial charge in [0.25, 0.3) is 0 Å². The van der Waals surface area contributed by atoms with Gasteiger partial charge in [-0.1, -0.05) is 20.3 Å². The molecule has 3 N–H and O–H groups in total. The minimum atomic E-state index is -0.509. The van der Waals surface area contributed by atoms with Crippen molar-refractivity contribution >= 4 is 12.1 Å². The highest BCUT2D eigenvalue weighted by Gasteiger charge is 2.23. The van der Waals surface area contributed by atoms with Crippen LogP contribution < -0.4 is 16.0 Å². The number of alkyl carbamates (subject to hydrolysis) is 1. The van der Waals surface area contributed by atoms with E-state index in [9.17, 15) is 4.79 Å². The van der Waals surface area contributed by atoms with Crippen LogP contribution in [0.3, 0.4) is 0 Å². The van der Waals surface area contributed by atoms with Crippen LogP contribution in [-0.2, 0) is 24.1 Å². The molecule has 1 aromatic heterocycles. The lowest BCUT2D eigenvalue weighted by molar-refractivity contribution is 0.0502. The molecular formula is C20H37N7O2. The first-order valence-electron chi connectivity index (χ1n) is 10.6. The molecule has 0 aromatic carbocycles. The van der Waals surface area contributed by atoms with Crippen molar-refractivity contribution in [1.82, 2.24) is 30.7 Å². The van der Waals surface area contributed by atoms with Crippen molar-refractivity contribution in [2.45, 2.75) is 91.0 Å². The van der Waals surface area contributed by atoms with Crippen molar-refractivity contribution in [3.8, 4) is 0 Å². The van der Waals surface area contributed by atoms with Gasteiger partial charge >= 0.3 is 6.09 Å². The van der Waals surface area contributed by atoms with Gasteiger partial charge in [0.2, 0.25) is 0 Å². The SMILES string of the molecule is CCCC(CNC(=NC)NC1CCc2nc(CC)nn2C1)NC(=O)OC(C)(C)C. The summed E-state index contributed by atoms with van der Waals surface area (Å²) < 4.78 is 7.37. The van der Waals surface area contributed by atoms with E-state index in [0.717, 1.165) is 56.3 Å². The van der Waals surface area contributed by atoms with E-state index in [2.05, 4.69) is 44.9 Å². The van der Waals surface area contributed by atoms with Crippen LogP contribution in [-0.4, -0.2) is 58.1 Å². The number of carbonyl (C=O) groups excluding carboxylic acids is 1. The number of nitrogens with zero attached hydrogens (tertiary/aromatic N) is 4. The first-order valence-corrected chi connectivity index (χ1v) is 10.6. The molecule has 9 nitrogen and oxygen atoms in total. The standard InChI is InChI=1S/C20H37N7O2/c1-7-9-14(24-19(28)29-20(3,4)5)12-22-18(21-6)23-15-10-11-17-25-16(8-2)26-27(17)13-15/h14-15H,7-13H2,1-6H3,(H,24,28)(H2,21,22,23). The first kappa shape index (κ1) is 23.0. The Hall–Kier alpha value is -2.32. The van der Waals surface area contributed by atoms with Crippen LogP contribution in [0.1, 0.15) is 65.5 Å². The Morgan fingerprint density at radius 1 is 1.38 bits per heavy atom. The second-order valence-corrected chi connectivity index (χ2v) is 8.44. The number of carbonyl (C=O) groups is 1. The fourth-order valence-electron chi connectivity index (χ4n) is 3.28. The molecule has 0 bridgehead atoms. The first-order chi connectivity index (χ1) is 13.7. The monoisotopic (exact) mass is 407 g/mol. The van der Waals surface area contributed by atoms with E-state index in [-0.39, 0.29) is 12.1 Å². The summed E-state index contributed by atoms with van der Waals surface area (Å²) in [5, 5.41) is 14.3. The number of amides is 1. The Labute approximate surface area is 174 Å². The molecule has 0 saturated heterocycles. The third-order valence-corrected chi connectivity index (χ3v) is 4.66. The summed E-state index contributed by atoms with van der Waals surface area (Å²) in [6.45, 7) is 11.1. The maximum Gasteiger partial charge on any atom is 0.407 e. The molecule has 1 aliphatic rings. The second-order valence-electron chi connectivity index (χ2n) is 8.44. The highest BCUT2D eigenvalue weighted by molar-refractivity contribution is 5.80. The van der Waals surface area contributed by atoms with Crippen molar-refractivity contribution in [2.24, 2.45) is 4.99 Å². The predicted molar refractivity (Wildman–Crippen MR) is 114 cm³/mol. The maximum absolute atomic E-state index is 12.1. The predicted octanol–water partition coefficient (Wildman–Crippen LogP) is 2.01. The normalized spacial score (nSPS) is 18.0. The molecule has 29 heavy (non-hydrogen) atoms. The van der Waals surface area contributed by atoms with Gasteiger partial charge in [0.15, 0.2) is 11.8 Å². The molecule has 2 unspecified atom stereocenters. The van der Waals surface area contributed by atoms with Crippen LogP contribution in [0, 0.1) is 0 Å². The molecule has 2 rings (SSSR count). The number of nitrogens with one attached hydrogen (secondary N) is 3. The number of rotatable bonds is 7. The Balaban J connectivity index is 1.85. The zero-order chi connectivity index (χ0) is 21.4. The Morgan fingerprint density at radius 2 is 2.14 bits per heavy atom. The van der Waals surface area contributed by atoms with E-state index in [4.69, 9.17) is 4.74 Å². The zero-order valence-electron chi connectivity index (χ0n) is 18.7. The summed E-state index contributed by atoms with van der Waals surface area (Å²) in [5.41, 5.74) is -0.509. The molecule has 164 valence electrons. The summed E-state index contributed by atoms with van der Waals surface area (Å²) in [5.74, 6) is 2.69. The van der Waals surface area contributed by atoms with Gasteiger partial charge in [-0.3, -0.25) is 4.99 Å². The molecule has 1 aliphatic heterocycles. The molecular weight excluding hydrogens is 370 g/mol. The van der Waals surface area contributed by atoms with Crippen molar-refractivity contribution in [3.05, 3.63) is 11.6 Å². The lowest BCUT2D eigenvalue weighted by Gasteiger charge is -2.27. The van der Waals surface area contributed by atoms with E-state index >= 15 is 0 Å². The number of aryl methyl sites for hydroxylation is 2. The molecule has 0 spiro atoms. The molecule has 2 heterocycles. The molecule has 0 saturated carbocycles. The topological polar surface area (TPSA) is 105 Å². The number of guanidine groups is 1. The minimum absolute atomic E-state index is 0.0335. The molecule has 9 heteroatoms. The number of ether oxygens (including phenoxy) is 1. The molecule has 0 aliphatic carbocycles. The molecule has 0 fully saturated rings. The quantitative estimate of drug-likeness (QED) is 0.472. The van der Waals surface area contributed by atoms with E-state index in [0.29, 0.717) is 6.54 Å². The van der Waals surface area contributed by atoms with Crippen molar-refractivity contribution in [1.29, 1.82) is 0 Å². The molecule has 0 radical (unpaired) electrons. The summed E-state index contributed by atoms with van der Waals surface area (Å²) in [6, 6.07) is 0.206. The summed E-state index contributed by atoms with van der Waals surface area (Å²) in [4.78, 5) is 21.0. The van der Waals surface area contributed by atoms with Crippen LogP contribution >= 0.6 is 0 Å². The molecule has 1 amide bonds.